The molecule has 0 saturated carbocycles. The average molecular weight is 219 g/mol. The predicted molar refractivity (Wildman–Crippen MR) is 59.0 cm³/mol. The molecule has 2 aromatic rings. The van der Waals surface area contributed by atoms with Gasteiger partial charge in [-0.15, -0.1) is 10.2 Å². The molecule has 0 aromatic carbocycles. The number of aromatic nitrogens is 4. The first-order chi connectivity index (χ1) is 7.40. The van der Waals surface area contributed by atoms with Gasteiger partial charge in [-0.1, -0.05) is 11.8 Å². The molecule has 0 aliphatic carbocycles. The fourth-order valence-electron chi connectivity index (χ4n) is 1.01. The summed E-state index contributed by atoms with van der Waals surface area (Å²) in [5.41, 5.74) is 0.991. The molecule has 5 nitrogen and oxygen atoms in total. The first-order valence-electron chi connectivity index (χ1n) is 4.28. The monoisotopic (exact) mass is 219 g/mol. The number of pyridine rings is 1. The van der Waals surface area contributed by atoms with E-state index >= 15 is 0 Å². The van der Waals surface area contributed by atoms with Crippen molar-refractivity contribution in [1.82, 2.24) is 19.9 Å². The molecule has 0 unspecified atom stereocenters. The van der Waals surface area contributed by atoms with E-state index in [1.54, 1.807) is 29.6 Å². The van der Waals surface area contributed by atoms with Crippen LogP contribution < -0.4 is 0 Å². The molecule has 2 rings (SSSR count). The molecule has 0 fully saturated rings. The van der Waals surface area contributed by atoms with Crippen molar-refractivity contribution in [3.63, 3.8) is 0 Å². The van der Waals surface area contributed by atoms with Crippen LogP contribution in [-0.2, 0) is 0 Å². The smallest absolute Gasteiger partial charge is 0.211 e. The zero-order valence-corrected chi connectivity index (χ0v) is 8.92. The third-order valence-corrected chi connectivity index (χ3v) is 2.35. The molecule has 15 heavy (non-hydrogen) atoms. The van der Waals surface area contributed by atoms with Crippen molar-refractivity contribution in [3.05, 3.63) is 36.4 Å². The Balaban J connectivity index is 2.19. The highest BCUT2D eigenvalue weighted by Crippen LogP contribution is 2.09. The molecule has 0 bridgehead atoms. The van der Waals surface area contributed by atoms with Gasteiger partial charge in [0.1, 0.15) is 6.33 Å². The second-order valence-corrected chi connectivity index (χ2v) is 3.46. The van der Waals surface area contributed by atoms with Crippen LogP contribution in [0.4, 0.5) is 0 Å². The molecule has 6 heteroatoms. The van der Waals surface area contributed by atoms with E-state index in [1.165, 1.54) is 11.8 Å². The molecular weight excluding hydrogens is 210 g/mol. The van der Waals surface area contributed by atoms with Gasteiger partial charge in [0.2, 0.25) is 5.16 Å². The summed E-state index contributed by atoms with van der Waals surface area (Å²) in [5, 5.41) is 12.7. The van der Waals surface area contributed by atoms with Crippen LogP contribution >= 0.6 is 11.8 Å². The summed E-state index contributed by atoms with van der Waals surface area (Å²) < 4.78 is 1.63. The largest absolute Gasteiger partial charge is 0.265 e. The Morgan fingerprint density at radius 3 is 2.93 bits per heavy atom. The summed E-state index contributed by atoms with van der Waals surface area (Å²) in [6.45, 7) is 0. The third-order valence-electron chi connectivity index (χ3n) is 1.72. The minimum Gasteiger partial charge on any atom is -0.265 e. The molecule has 0 atom stereocenters. The van der Waals surface area contributed by atoms with E-state index in [2.05, 4.69) is 20.3 Å². The maximum absolute atomic E-state index is 4.23. The van der Waals surface area contributed by atoms with E-state index < -0.39 is 0 Å². The van der Waals surface area contributed by atoms with Crippen molar-refractivity contribution >= 4 is 18.0 Å². The highest BCUT2D eigenvalue weighted by molar-refractivity contribution is 7.98. The summed E-state index contributed by atoms with van der Waals surface area (Å²) in [7, 11) is 0. The third kappa shape index (κ3) is 2.41. The molecule has 76 valence electrons. The van der Waals surface area contributed by atoms with Gasteiger partial charge in [-0.05, 0) is 24.0 Å². The maximum atomic E-state index is 4.23. The van der Waals surface area contributed by atoms with Crippen molar-refractivity contribution in [2.24, 2.45) is 5.10 Å². The molecule has 0 saturated heterocycles. The summed E-state index contributed by atoms with van der Waals surface area (Å²) in [6.07, 6.45) is 8.70. The van der Waals surface area contributed by atoms with Crippen LogP contribution in [0.2, 0.25) is 0 Å². The van der Waals surface area contributed by atoms with Gasteiger partial charge in [-0.2, -0.15) is 9.78 Å². The minimum atomic E-state index is 0.764. The fourth-order valence-corrected chi connectivity index (χ4v) is 1.42. The van der Waals surface area contributed by atoms with E-state index in [0.717, 1.165) is 10.7 Å². The number of nitrogens with zero attached hydrogens (tertiary/aromatic N) is 5. The summed E-state index contributed by atoms with van der Waals surface area (Å²) in [4.78, 5) is 3.93. The van der Waals surface area contributed by atoms with Gasteiger partial charge in [-0.25, -0.2) is 0 Å². The lowest BCUT2D eigenvalue weighted by Gasteiger charge is -1.95. The van der Waals surface area contributed by atoms with Gasteiger partial charge in [0.25, 0.3) is 0 Å². The molecule has 0 aliphatic heterocycles. The number of rotatable bonds is 3. The van der Waals surface area contributed by atoms with Crippen LogP contribution in [-0.4, -0.2) is 32.3 Å². The molecule has 0 aliphatic rings. The number of hydrogen-bond acceptors (Lipinski definition) is 5. The Kier molecular flexibility index (Phi) is 3.08. The fraction of sp³-hybridized carbons (Fsp3) is 0.111. The first-order valence-corrected chi connectivity index (χ1v) is 5.51. The minimum absolute atomic E-state index is 0.764. The summed E-state index contributed by atoms with van der Waals surface area (Å²) in [6, 6.07) is 3.76. The molecule has 0 radical (unpaired) electrons. The van der Waals surface area contributed by atoms with E-state index in [4.69, 9.17) is 0 Å². The molecule has 2 heterocycles. The van der Waals surface area contributed by atoms with Crippen LogP contribution in [0.25, 0.3) is 0 Å². The van der Waals surface area contributed by atoms with Crippen molar-refractivity contribution in [2.45, 2.75) is 5.16 Å². The van der Waals surface area contributed by atoms with Gasteiger partial charge in [0.15, 0.2) is 0 Å². The summed E-state index contributed by atoms with van der Waals surface area (Å²) in [5.74, 6) is 0. The first kappa shape index (κ1) is 9.85. The van der Waals surface area contributed by atoms with Crippen LogP contribution in [0.15, 0.2) is 41.1 Å². The average Bonchev–Trinajstić information content (AvgIpc) is 2.75. The van der Waals surface area contributed by atoms with Crippen LogP contribution in [0, 0.1) is 0 Å². The Hall–Kier alpha value is -1.69. The Morgan fingerprint density at radius 1 is 1.40 bits per heavy atom. The Labute approximate surface area is 91.3 Å². The lowest BCUT2D eigenvalue weighted by Crippen LogP contribution is -1.91. The van der Waals surface area contributed by atoms with E-state index in [0.29, 0.717) is 0 Å². The molecular formula is C9H9N5S. The second kappa shape index (κ2) is 4.70. The number of thioether (sulfide) groups is 1. The maximum Gasteiger partial charge on any atom is 0.211 e. The topological polar surface area (TPSA) is 56.0 Å². The van der Waals surface area contributed by atoms with Crippen molar-refractivity contribution < 1.29 is 0 Å². The van der Waals surface area contributed by atoms with E-state index in [9.17, 15) is 0 Å². The lowest BCUT2D eigenvalue weighted by atomic mass is 10.3. The predicted octanol–water partition coefficient (Wildman–Crippen LogP) is 1.28. The van der Waals surface area contributed by atoms with Gasteiger partial charge >= 0.3 is 0 Å². The van der Waals surface area contributed by atoms with Gasteiger partial charge < -0.3 is 0 Å². The zero-order chi connectivity index (χ0) is 10.5. The van der Waals surface area contributed by atoms with Gasteiger partial charge in [0.05, 0.1) is 6.21 Å². The molecule has 0 amide bonds. The Morgan fingerprint density at radius 2 is 2.20 bits per heavy atom. The van der Waals surface area contributed by atoms with Crippen molar-refractivity contribution in [3.8, 4) is 0 Å². The van der Waals surface area contributed by atoms with Crippen LogP contribution in [0.1, 0.15) is 5.56 Å². The highest BCUT2D eigenvalue weighted by atomic mass is 32.2. The van der Waals surface area contributed by atoms with Crippen LogP contribution in [0.5, 0.6) is 0 Å². The van der Waals surface area contributed by atoms with Crippen LogP contribution in [0.3, 0.4) is 0 Å². The second-order valence-electron chi connectivity index (χ2n) is 2.69. The summed E-state index contributed by atoms with van der Waals surface area (Å²) >= 11 is 1.50. The van der Waals surface area contributed by atoms with Gasteiger partial charge in [-0.3, -0.25) is 4.98 Å². The number of hydrogen-bond donors (Lipinski definition) is 0. The van der Waals surface area contributed by atoms with E-state index in [-0.39, 0.29) is 0 Å². The lowest BCUT2D eigenvalue weighted by molar-refractivity contribution is 0.768. The van der Waals surface area contributed by atoms with Crippen molar-refractivity contribution in [1.29, 1.82) is 0 Å². The standard InChI is InChI=1S/C9H9N5S/c1-15-9-13-11-7-14(9)12-6-8-2-4-10-5-3-8/h2-7H,1H3/b12-6-. The molecule has 2 aromatic heterocycles. The van der Waals surface area contributed by atoms with Crippen molar-refractivity contribution in [2.75, 3.05) is 6.26 Å². The highest BCUT2D eigenvalue weighted by Gasteiger charge is 1.98. The zero-order valence-electron chi connectivity index (χ0n) is 8.11. The van der Waals surface area contributed by atoms with E-state index in [1.807, 2.05) is 18.4 Å². The molecule has 0 spiro atoms. The quantitative estimate of drug-likeness (QED) is 0.576. The normalized spacial score (nSPS) is 11.0. The Bertz CT molecular complexity index is 451. The van der Waals surface area contributed by atoms with Gasteiger partial charge in [0, 0.05) is 12.4 Å². The molecule has 0 N–H and O–H groups in total. The SMILES string of the molecule is CSc1nncn1/N=C\c1ccncc1.